The molecule has 0 saturated heterocycles. The molecule has 33 heavy (non-hydrogen) atoms. The van der Waals surface area contributed by atoms with E-state index in [-0.39, 0.29) is 28.8 Å². The number of benzene rings is 3. The maximum Gasteiger partial charge on any atom is 0.287 e. The molecular weight excluding hydrogens is 445 g/mol. The van der Waals surface area contributed by atoms with Gasteiger partial charge >= 0.3 is 0 Å². The topological polar surface area (TPSA) is 85.6 Å². The number of hydrogen-bond acceptors (Lipinski definition) is 5. The first-order valence-electron chi connectivity index (χ1n) is 10.1. The third kappa shape index (κ3) is 5.67. The van der Waals surface area contributed by atoms with Crippen LogP contribution in [-0.4, -0.2) is 14.3 Å². The Hall–Kier alpha value is -3.91. The van der Waals surface area contributed by atoms with E-state index in [1.165, 1.54) is 48.7 Å². The number of carbonyl (C=O) groups excluding carboxylic acids is 1. The molecule has 1 aromatic heterocycles. The van der Waals surface area contributed by atoms with Crippen molar-refractivity contribution in [3.8, 4) is 11.5 Å². The summed E-state index contributed by atoms with van der Waals surface area (Å²) in [7, 11) is -3.61. The number of rotatable bonds is 8. The van der Waals surface area contributed by atoms with Crippen LogP contribution in [0.3, 0.4) is 0 Å². The summed E-state index contributed by atoms with van der Waals surface area (Å²) >= 11 is 0. The summed E-state index contributed by atoms with van der Waals surface area (Å²) in [5.74, 6) is -0.156. The maximum absolute atomic E-state index is 13.0. The Bertz CT molecular complexity index is 1330. The second kappa shape index (κ2) is 9.70. The van der Waals surface area contributed by atoms with Crippen molar-refractivity contribution in [2.75, 3.05) is 0 Å². The van der Waals surface area contributed by atoms with E-state index in [0.29, 0.717) is 17.1 Å². The Kier molecular flexibility index (Phi) is 6.55. The predicted octanol–water partition coefficient (Wildman–Crippen LogP) is 5.11. The molecule has 0 spiro atoms. The molecule has 8 heteroatoms. The van der Waals surface area contributed by atoms with E-state index in [0.717, 1.165) is 5.56 Å². The first-order chi connectivity index (χ1) is 15.9. The molecule has 0 fully saturated rings. The fraction of sp³-hybridized carbons (Fsp3) is 0.0800. The van der Waals surface area contributed by atoms with E-state index in [9.17, 15) is 17.6 Å². The van der Waals surface area contributed by atoms with Crippen LogP contribution in [0.2, 0.25) is 0 Å². The fourth-order valence-corrected chi connectivity index (χ4v) is 4.52. The van der Waals surface area contributed by atoms with Gasteiger partial charge in [0, 0.05) is 12.1 Å². The molecule has 168 valence electrons. The highest BCUT2D eigenvalue weighted by molar-refractivity contribution is 7.90. The number of nitrogens with one attached hydrogen (secondary N) is 1. The number of carbonyl (C=O) groups is 1. The lowest BCUT2D eigenvalue weighted by molar-refractivity contribution is 0.0922. The predicted molar refractivity (Wildman–Crippen MR) is 120 cm³/mol. The van der Waals surface area contributed by atoms with Crippen molar-refractivity contribution in [1.29, 1.82) is 0 Å². The van der Waals surface area contributed by atoms with Crippen molar-refractivity contribution in [2.24, 2.45) is 0 Å². The Morgan fingerprint density at radius 1 is 0.879 bits per heavy atom. The molecule has 3 aromatic carbocycles. The Balaban J connectivity index is 1.37. The monoisotopic (exact) mass is 465 g/mol. The Morgan fingerprint density at radius 2 is 1.52 bits per heavy atom. The van der Waals surface area contributed by atoms with E-state index in [1.807, 2.05) is 0 Å². The summed E-state index contributed by atoms with van der Waals surface area (Å²) in [4.78, 5) is 12.8. The zero-order valence-electron chi connectivity index (χ0n) is 17.4. The second-order valence-electron chi connectivity index (χ2n) is 7.23. The van der Waals surface area contributed by atoms with Crippen LogP contribution in [0, 0.1) is 5.82 Å². The largest absolute Gasteiger partial charge is 0.459 e. The summed E-state index contributed by atoms with van der Waals surface area (Å²) in [6.07, 6.45) is 1.30. The zero-order valence-corrected chi connectivity index (χ0v) is 18.2. The van der Waals surface area contributed by atoms with Crippen molar-refractivity contribution >= 4 is 15.7 Å². The number of furan rings is 1. The van der Waals surface area contributed by atoms with Gasteiger partial charge < -0.3 is 14.5 Å². The van der Waals surface area contributed by atoms with E-state index >= 15 is 0 Å². The highest BCUT2D eigenvalue weighted by Crippen LogP contribution is 2.22. The molecule has 0 saturated carbocycles. The first-order valence-corrected chi connectivity index (χ1v) is 11.7. The van der Waals surface area contributed by atoms with Gasteiger partial charge in [0.25, 0.3) is 5.91 Å². The van der Waals surface area contributed by atoms with Crippen LogP contribution < -0.4 is 10.1 Å². The van der Waals surface area contributed by atoms with E-state index in [4.69, 9.17) is 9.15 Å². The van der Waals surface area contributed by atoms with E-state index < -0.39 is 15.7 Å². The SMILES string of the molecule is O=C(NCc1ccc(Oc2ccc(F)cc2)cc1)c1occc1CS(=O)(=O)c1ccccc1. The quantitative estimate of drug-likeness (QED) is 0.391. The Labute approximate surface area is 190 Å². The van der Waals surface area contributed by atoms with Crippen molar-refractivity contribution in [1.82, 2.24) is 5.32 Å². The van der Waals surface area contributed by atoms with Crippen molar-refractivity contribution in [3.05, 3.63) is 114 Å². The van der Waals surface area contributed by atoms with Crippen LogP contribution in [-0.2, 0) is 22.1 Å². The third-order valence-corrected chi connectivity index (χ3v) is 6.51. The average molecular weight is 466 g/mol. The molecule has 0 aliphatic carbocycles. The summed E-state index contributed by atoms with van der Waals surface area (Å²) < 4.78 is 49.2. The highest BCUT2D eigenvalue weighted by Gasteiger charge is 2.22. The molecule has 0 radical (unpaired) electrons. The molecule has 0 aliphatic rings. The summed E-state index contributed by atoms with van der Waals surface area (Å²) in [5, 5.41) is 2.73. The normalized spacial score (nSPS) is 11.2. The summed E-state index contributed by atoms with van der Waals surface area (Å²) in [6, 6.07) is 22.2. The van der Waals surface area contributed by atoms with Gasteiger partial charge in [-0.25, -0.2) is 12.8 Å². The van der Waals surface area contributed by atoms with Gasteiger partial charge in [0.2, 0.25) is 0 Å². The molecule has 1 heterocycles. The number of halogens is 1. The van der Waals surface area contributed by atoms with E-state index in [1.54, 1.807) is 42.5 Å². The number of amides is 1. The third-order valence-electron chi connectivity index (χ3n) is 4.83. The van der Waals surface area contributed by atoms with Gasteiger partial charge in [-0.3, -0.25) is 4.79 Å². The first kappa shape index (κ1) is 22.3. The van der Waals surface area contributed by atoms with Gasteiger partial charge in [0.15, 0.2) is 15.6 Å². The van der Waals surface area contributed by atoms with Gasteiger partial charge in [-0.2, -0.15) is 0 Å². The van der Waals surface area contributed by atoms with E-state index in [2.05, 4.69) is 5.32 Å². The molecule has 0 bridgehead atoms. The summed E-state index contributed by atoms with van der Waals surface area (Å²) in [6.45, 7) is 0.210. The van der Waals surface area contributed by atoms with Gasteiger partial charge in [0.1, 0.15) is 17.3 Å². The minimum Gasteiger partial charge on any atom is -0.459 e. The van der Waals surface area contributed by atoms with Crippen LogP contribution in [0.1, 0.15) is 21.7 Å². The zero-order chi connectivity index (χ0) is 23.3. The Morgan fingerprint density at radius 3 is 2.18 bits per heavy atom. The van der Waals surface area contributed by atoms with Crippen molar-refractivity contribution in [2.45, 2.75) is 17.2 Å². The molecule has 6 nitrogen and oxygen atoms in total. The number of ether oxygens (including phenoxy) is 1. The van der Waals surface area contributed by atoms with Crippen molar-refractivity contribution in [3.63, 3.8) is 0 Å². The second-order valence-corrected chi connectivity index (χ2v) is 9.22. The van der Waals surface area contributed by atoms with Crippen LogP contribution in [0.5, 0.6) is 11.5 Å². The number of hydrogen-bond donors (Lipinski definition) is 1. The van der Waals surface area contributed by atoms with Crippen LogP contribution in [0.4, 0.5) is 4.39 Å². The smallest absolute Gasteiger partial charge is 0.287 e. The fourth-order valence-electron chi connectivity index (χ4n) is 3.14. The molecular formula is C25H20FNO5S. The van der Waals surface area contributed by atoms with Gasteiger partial charge in [-0.05, 0) is 60.2 Å². The maximum atomic E-state index is 13.0. The molecule has 0 unspecified atom stereocenters. The average Bonchev–Trinajstić information content (AvgIpc) is 3.28. The number of sulfone groups is 1. The summed E-state index contributed by atoms with van der Waals surface area (Å²) in [5.41, 5.74) is 1.10. The highest BCUT2D eigenvalue weighted by atomic mass is 32.2. The standard InChI is InChI=1S/C25H20FNO5S/c26-20-8-12-22(13-9-20)32-21-10-6-18(7-11-21)16-27-25(28)24-19(14-15-31-24)17-33(29,30)23-4-2-1-3-5-23/h1-15H,16-17H2,(H,27,28). The lowest BCUT2D eigenvalue weighted by Crippen LogP contribution is -2.23. The lowest BCUT2D eigenvalue weighted by Gasteiger charge is -2.08. The molecule has 0 atom stereocenters. The molecule has 4 rings (SSSR count). The van der Waals surface area contributed by atoms with Crippen LogP contribution in [0.25, 0.3) is 0 Å². The van der Waals surface area contributed by atoms with Gasteiger partial charge in [-0.15, -0.1) is 0 Å². The molecule has 0 aliphatic heterocycles. The molecule has 1 N–H and O–H groups in total. The molecule has 4 aromatic rings. The van der Waals surface area contributed by atoms with Crippen LogP contribution >= 0.6 is 0 Å². The minimum atomic E-state index is -3.61. The van der Waals surface area contributed by atoms with Crippen molar-refractivity contribution < 1.29 is 26.8 Å². The molecule has 1 amide bonds. The van der Waals surface area contributed by atoms with Gasteiger partial charge in [0.05, 0.1) is 16.9 Å². The van der Waals surface area contributed by atoms with Gasteiger partial charge in [-0.1, -0.05) is 30.3 Å². The minimum absolute atomic E-state index is 0.0363. The van der Waals surface area contributed by atoms with Crippen LogP contribution in [0.15, 0.2) is 101 Å². The lowest BCUT2D eigenvalue weighted by atomic mass is 10.2.